The summed E-state index contributed by atoms with van der Waals surface area (Å²) in [6, 6.07) is 11.5. The largest absolute Gasteiger partial charge is 0.334 e. The number of fused-ring (bicyclic) bond motifs is 1. The van der Waals surface area contributed by atoms with Gasteiger partial charge in [0, 0.05) is 37.0 Å². The van der Waals surface area contributed by atoms with Crippen molar-refractivity contribution in [3.63, 3.8) is 0 Å². The van der Waals surface area contributed by atoms with Crippen LogP contribution in [0.2, 0.25) is 0 Å². The van der Waals surface area contributed by atoms with E-state index in [1.165, 1.54) is 0 Å². The van der Waals surface area contributed by atoms with Crippen LogP contribution >= 0.6 is 0 Å². The van der Waals surface area contributed by atoms with Crippen molar-refractivity contribution in [2.45, 2.75) is 39.8 Å². The standard InChI is InChI=1S/C22H24N4O2/c1-14-9-12-26(16(3)17-7-5-4-6-8-17)22(28)20(14)21(27)25-11-10-19-18(13-25)15(2)23-24-19/h4-9,12,16H,10-11,13H2,1-3H3,(H,23,24). The van der Waals surface area contributed by atoms with Crippen LogP contribution in [0.15, 0.2) is 47.4 Å². The van der Waals surface area contributed by atoms with E-state index in [4.69, 9.17) is 0 Å². The van der Waals surface area contributed by atoms with Gasteiger partial charge in [0.2, 0.25) is 0 Å². The van der Waals surface area contributed by atoms with Crippen LogP contribution in [0.3, 0.4) is 0 Å². The minimum Gasteiger partial charge on any atom is -0.334 e. The highest BCUT2D eigenvalue weighted by Crippen LogP contribution is 2.22. The SMILES string of the molecule is Cc1ccn(C(C)c2ccccc2)c(=O)c1C(=O)N1CCc2n[nH]c(C)c2C1. The Labute approximate surface area is 163 Å². The van der Waals surface area contributed by atoms with Crippen molar-refractivity contribution in [2.75, 3.05) is 6.54 Å². The number of carbonyl (C=O) groups excluding carboxylic acids is 1. The number of aromatic nitrogens is 3. The molecule has 0 aliphatic carbocycles. The van der Waals surface area contributed by atoms with E-state index in [0.717, 1.165) is 22.5 Å². The van der Waals surface area contributed by atoms with Crippen molar-refractivity contribution in [3.8, 4) is 0 Å². The minimum absolute atomic E-state index is 0.148. The fourth-order valence-corrected chi connectivity index (χ4v) is 3.86. The quantitative estimate of drug-likeness (QED) is 0.764. The van der Waals surface area contributed by atoms with Gasteiger partial charge in [0.05, 0.1) is 11.7 Å². The van der Waals surface area contributed by atoms with Crippen molar-refractivity contribution in [2.24, 2.45) is 0 Å². The van der Waals surface area contributed by atoms with Gasteiger partial charge in [-0.2, -0.15) is 5.10 Å². The molecule has 0 bridgehead atoms. The molecule has 3 heterocycles. The van der Waals surface area contributed by atoms with E-state index in [2.05, 4.69) is 10.2 Å². The fraction of sp³-hybridized carbons (Fsp3) is 0.318. The summed E-state index contributed by atoms with van der Waals surface area (Å²) in [6.45, 7) is 6.81. The molecule has 6 heteroatoms. The van der Waals surface area contributed by atoms with Crippen molar-refractivity contribution in [1.82, 2.24) is 19.7 Å². The summed E-state index contributed by atoms with van der Waals surface area (Å²) in [4.78, 5) is 28.3. The first-order valence-corrected chi connectivity index (χ1v) is 9.56. The number of nitrogens with one attached hydrogen (secondary N) is 1. The topological polar surface area (TPSA) is 71.0 Å². The molecule has 1 aromatic carbocycles. The number of aromatic amines is 1. The van der Waals surface area contributed by atoms with E-state index < -0.39 is 0 Å². The average Bonchev–Trinajstić information content (AvgIpc) is 3.08. The second-order valence-corrected chi connectivity index (χ2v) is 7.42. The molecule has 1 unspecified atom stereocenters. The lowest BCUT2D eigenvalue weighted by atomic mass is 10.0. The Morgan fingerprint density at radius 2 is 1.93 bits per heavy atom. The number of hydrogen-bond donors (Lipinski definition) is 1. The number of H-pyrrole nitrogens is 1. The number of nitrogens with zero attached hydrogens (tertiary/aromatic N) is 3. The van der Waals surface area contributed by atoms with Crippen molar-refractivity contribution >= 4 is 5.91 Å². The summed E-state index contributed by atoms with van der Waals surface area (Å²) in [6.07, 6.45) is 2.48. The zero-order valence-corrected chi connectivity index (χ0v) is 16.4. The molecule has 1 atom stereocenters. The Kier molecular flexibility index (Phi) is 4.63. The second-order valence-electron chi connectivity index (χ2n) is 7.42. The zero-order chi connectivity index (χ0) is 19.8. The van der Waals surface area contributed by atoms with Crippen LogP contribution in [0.5, 0.6) is 0 Å². The first-order valence-electron chi connectivity index (χ1n) is 9.56. The Morgan fingerprint density at radius 1 is 1.18 bits per heavy atom. The Morgan fingerprint density at radius 3 is 2.68 bits per heavy atom. The maximum atomic E-state index is 13.3. The molecule has 1 aliphatic rings. The van der Waals surface area contributed by atoms with Gasteiger partial charge in [-0.1, -0.05) is 30.3 Å². The summed E-state index contributed by atoms with van der Waals surface area (Å²) in [7, 11) is 0. The third kappa shape index (κ3) is 3.05. The molecule has 0 saturated carbocycles. The van der Waals surface area contributed by atoms with E-state index in [1.807, 2.05) is 57.2 Å². The van der Waals surface area contributed by atoms with E-state index in [9.17, 15) is 9.59 Å². The van der Waals surface area contributed by atoms with E-state index in [1.54, 1.807) is 15.7 Å². The minimum atomic E-state index is -0.240. The molecule has 0 spiro atoms. The molecule has 1 aliphatic heterocycles. The Hall–Kier alpha value is -3.15. The van der Waals surface area contributed by atoms with Crippen LogP contribution in [0.25, 0.3) is 0 Å². The summed E-state index contributed by atoms with van der Waals surface area (Å²) in [5.41, 5.74) is 4.82. The molecule has 0 fully saturated rings. The summed E-state index contributed by atoms with van der Waals surface area (Å²) in [5.74, 6) is -0.205. The molecular formula is C22H24N4O2. The molecule has 1 amide bonds. The third-order valence-corrected chi connectivity index (χ3v) is 5.66. The molecule has 0 saturated heterocycles. The number of rotatable bonds is 3. The number of hydrogen-bond acceptors (Lipinski definition) is 3. The molecule has 2 aromatic heterocycles. The lowest BCUT2D eigenvalue weighted by Gasteiger charge is -2.27. The molecule has 28 heavy (non-hydrogen) atoms. The van der Waals surface area contributed by atoms with E-state index in [-0.39, 0.29) is 23.1 Å². The smallest absolute Gasteiger partial charge is 0.264 e. The van der Waals surface area contributed by atoms with Crippen molar-refractivity contribution in [3.05, 3.63) is 86.6 Å². The van der Waals surface area contributed by atoms with Crippen LogP contribution in [-0.4, -0.2) is 32.1 Å². The lowest BCUT2D eigenvalue weighted by Crippen LogP contribution is -2.40. The predicted molar refractivity (Wildman–Crippen MR) is 107 cm³/mol. The van der Waals surface area contributed by atoms with Gasteiger partial charge in [0.25, 0.3) is 11.5 Å². The van der Waals surface area contributed by atoms with Crippen LogP contribution in [0, 0.1) is 13.8 Å². The first kappa shape index (κ1) is 18.2. The number of aryl methyl sites for hydroxylation is 2. The summed E-state index contributed by atoms with van der Waals surface area (Å²) in [5, 5.41) is 7.29. The van der Waals surface area contributed by atoms with Gasteiger partial charge in [-0.3, -0.25) is 14.7 Å². The van der Waals surface area contributed by atoms with Crippen molar-refractivity contribution < 1.29 is 4.79 Å². The molecule has 0 radical (unpaired) electrons. The van der Waals surface area contributed by atoms with Gasteiger partial charge in [0.1, 0.15) is 5.56 Å². The lowest BCUT2D eigenvalue weighted by molar-refractivity contribution is 0.0730. The highest BCUT2D eigenvalue weighted by Gasteiger charge is 2.28. The Balaban J connectivity index is 1.69. The number of carbonyl (C=O) groups is 1. The van der Waals surface area contributed by atoms with E-state index >= 15 is 0 Å². The van der Waals surface area contributed by atoms with Gasteiger partial charge in [-0.05, 0) is 38.0 Å². The van der Waals surface area contributed by atoms with Gasteiger partial charge in [-0.15, -0.1) is 0 Å². The highest BCUT2D eigenvalue weighted by molar-refractivity contribution is 5.95. The normalized spacial score (nSPS) is 14.6. The number of pyridine rings is 1. The first-order chi connectivity index (χ1) is 13.5. The van der Waals surface area contributed by atoms with Gasteiger partial charge in [0.15, 0.2) is 0 Å². The maximum absolute atomic E-state index is 13.3. The number of amides is 1. The molecule has 1 N–H and O–H groups in total. The number of benzene rings is 1. The molecule has 144 valence electrons. The molecule has 3 aromatic rings. The average molecular weight is 376 g/mol. The van der Waals surface area contributed by atoms with Crippen LogP contribution in [0.4, 0.5) is 0 Å². The third-order valence-electron chi connectivity index (χ3n) is 5.66. The monoisotopic (exact) mass is 376 g/mol. The summed E-state index contributed by atoms with van der Waals surface area (Å²) >= 11 is 0. The van der Waals surface area contributed by atoms with Crippen LogP contribution in [0.1, 0.15) is 51.4 Å². The van der Waals surface area contributed by atoms with Gasteiger partial charge < -0.3 is 9.47 Å². The molecule has 6 nitrogen and oxygen atoms in total. The highest BCUT2D eigenvalue weighted by atomic mass is 16.2. The maximum Gasteiger partial charge on any atom is 0.264 e. The zero-order valence-electron chi connectivity index (χ0n) is 16.4. The summed E-state index contributed by atoms with van der Waals surface area (Å²) < 4.78 is 1.65. The van der Waals surface area contributed by atoms with Gasteiger partial charge in [-0.25, -0.2) is 0 Å². The predicted octanol–water partition coefficient (Wildman–Crippen LogP) is 3.00. The second kappa shape index (κ2) is 7.11. The van der Waals surface area contributed by atoms with Crippen LogP contribution < -0.4 is 5.56 Å². The van der Waals surface area contributed by atoms with Crippen LogP contribution in [-0.2, 0) is 13.0 Å². The van der Waals surface area contributed by atoms with Crippen molar-refractivity contribution in [1.29, 1.82) is 0 Å². The Bertz CT molecular complexity index is 1080. The fourth-order valence-electron chi connectivity index (χ4n) is 3.86. The van der Waals surface area contributed by atoms with E-state index in [0.29, 0.717) is 25.1 Å². The van der Waals surface area contributed by atoms with Gasteiger partial charge >= 0.3 is 0 Å². The molecular weight excluding hydrogens is 352 g/mol. The molecule has 4 rings (SSSR count).